The van der Waals surface area contributed by atoms with Crippen LogP contribution in [0.2, 0.25) is 0 Å². The summed E-state index contributed by atoms with van der Waals surface area (Å²) in [6.45, 7) is 2.55. The predicted molar refractivity (Wildman–Crippen MR) is 97.7 cm³/mol. The van der Waals surface area contributed by atoms with E-state index in [2.05, 4.69) is 40.5 Å². The lowest BCUT2D eigenvalue weighted by molar-refractivity contribution is 0.245. The first-order chi connectivity index (χ1) is 11.8. The molecule has 0 spiro atoms. The average Bonchev–Trinajstić information content (AvgIpc) is 3.11. The molecular weight excluding hydrogens is 298 g/mol. The van der Waals surface area contributed by atoms with E-state index >= 15 is 0 Å². The number of rotatable bonds is 3. The second kappa shape index (κ2) is 6.56. The number of benzene rings is 2. The molecule has 0 aromatic heterocycles. The molecule has 1 saturated heterocycles. The molecule has 0 aliphatic carbocycles. The van der Waals surface area contributed by atoms with Crippen LogP contribution in [-0.4, -0.2) is 31.7 Å². The standard InChI is InChI=1S/C20H23N3O/c24-20(21-13-12-16-7-2-1-3-8-16)23-15-17-9-6-14-22(17)18-10-4-5-11-19(18)23/h1-5,7-8,10-11,17H,6,9,12-15H2,(H,21,24). The molecule has 24 heavy (non-hydrogen) atoms. The van der Waals surface area contributed by atoms with Crippen LogP contribution in [0.4, 0.5) is 16.2 Å². The normalized spacial score (nSPS) is 18.9. The van der Waals surface area contributed by atoms with Crippen LogP contribution in [0, 0.1) is 0 Å². The molecule has 1 N–H and O–H groups in total. The van der Waals surface area contributed by atoms with Crippen molar-refractivity contribution in [1.82, 2.24) is 5.32 Å². The van der Waals surface area contributed by atoms with Crippen molar-refractivity contribution in [3.05, 3.63) is 60.2 Å². The Balaban J connectivity index is 1.45. The molecule has 4 nitrogen and oxygen atoms in total. The molecule has 2 heterocycles. The number of urea groups is 1. The Morgan fingerprint density at radius 3 is 2.62 bits per heavy atom. The molecule has 2 aromatic carbocycles. The van der Waals surface area contributed by atoms with Crippen molar-refractivity contribution in [3.8, 4) is 0 Å². The first-order valence-electron chi connectivity index (χ1n) is 8.78. The number of hydrogen-bond acceptors (Lipinski definition) is 2. The van der Waals surface area contributed by atoms with Gasteiger partial charge < -0.3 is 10.2 Å². The maximum atomic E-state index is 12.7. The highest BCUT2D eigenvalue weighted by Gasteiger charge is 2.35. The van der Waals surface area contributed by atoms with Gasteiger partial charge in [0, 0.05) is 25.7 Å². The Bertz CT molecular complexity index is 716. The number of nitrogens with zero attached hydrogens (tertiary/aromatic N) is 2. The van der Waals surface area contributed by atoms with Gasteiger partial charge in [-0.15, -0.1) is 0 Å². The van der Waals surface area contributed by atoms with Gasteiger partial charge in [-0.2, -0.15) is 0 Å². The lowest BCUT2D eigenvalue weighted by atomic mass is 10.1. The van der Waals surface area contributed by atoms with Crippen LogP contribution in [-0.2, 0) is 6.42 Å². The van der Waals surface area contributed by atoms with Gasteiger partial charge in [0.15, 0.2) is 0 Å². The summed E-state index contributed by atoms with van der Waals surface area (Å²) in [6.07, 6.45) is 3.24. The van der Waals surface area contributed by atoms with Crippen molar-refractivity contribution < 1.29 is 4.79 Å². The van der Waals surface area contributed by atoms with Crippen LogP contribution in [0.3, 0.4) is 0 Å². The van der Waals surface area contributed by atoms with E-state index in [4.69, 9.17) is 0 Å². The van der Waals surface area contributed by atoms with Crippen LogP contribution in [0.5, 0.6) is 0 Å². The van der Waals surface area contributed by atoms with Crippen molar-refractivity contribution in [3.63, 3.8) is 0 Å². The minimum atomic E-state index is 0.0185. The van der Waals surface area contributed by atoms with E-state index in [1.54, 1.807) is 0 Å². The van der Waals surface area contributed by atoms with Gasteiger partial charge in [-0.1, -0.05) is 42.5 Å². The fourth-order valence-corrected chi connectivity index (χ4v) is 3.83. The highest BCUT2D eigenvalue weighted by molar-refractivity contribution is 5.97. The quantitative estimate of drug-likeness (QED) is 0.940. The summed E-state index contributed by atoms with van der Waals surface area (Å²) in [5.41, 5.74) is 3.48. The van der Waals surface area contributed by atoms with Gasteiger partial charge in [0.2, 0.25) is 0 Å². The molecule has 1 unspecified atom stereocenters. The van der Waals surface area contributed by atoms with Gasteiger partial charge in [0.1, 0.15) is 0 Å². The maximum absolute atomic E-state index is 12.7. The number of carbonyl (C=O) groups is 1. The minimum Gasteiger partial charge on any atom is -0.365 e. The fraction of sp³-hybridized carbons (Fsp3) is 0.350. The molecule has 0 bridgehead atoms. The van der Waals surface area contributed by atoms with Crippen molar-refractivity contribution in [2.75, 3.05) is 29.4 Å². The molecule has 4 rings (SSSR count). The third-order valence-corrected chi connectivity index (χ3v) is 5.03. The van der Waals surface area contributed by atoms with Crippen molar-refractivity contribution in [2.24, 2.45) is 0 Å². The SMILES string of the molecule is O=C(NCCc1ccccc1)N1CC2CCCN2c2ccccc21. The molecule has 1 atom stereocenters. The summed E-state index contributed by atoms with van der Waals surface area (Å²) in [4.78, 5) is 17.1. The van der Waals surface area contributed by atoms with Crippen LogP contribution in [0.1, 0.15) is 18.4 Å². The zero-order valence-electron chi connectivity index (χ0n) is 13.8. The second-order valence-corrected chi connectivity index (χ2v) is 6.56. The molecule has 124 valence electrons. The third kappa shape index (κ3) is 2.84. The zero-order valence-corrected chi connectivity index (χ0v) is 13.8. The Morgan fingerprint density at radius 2 is 1.79 bits per heavy atom. The summed E-state index contributed by atoms with van der Waals surface area (Å²) in [5.74, 6) is 0. The van der Waals surface area contributed by atoms with Crippen molar-refractivity contribution in [1.29, 1.82) is 0 Å². The Kier molecular flexibility index (Phi) is 4.11. The lowest BCUT2D eigenvalue weighted by Gasteiger charge is -2.40. The topological polar surface area (TPSA) is 35.6 Å². The number of nitrogens with one attached hydrogen (secondary N) is 1. The fourth-order valence-electron chi connectivity index (χ4n) is 3.83. The summed E-state index contributed by atoms with van der Waals surface area (Å²) in [7, 11) is 0. The van der Waals surface area contributed by atoms with Crippen LogP contribution in [0.15, 0.2) is 54.6 Å². The van der Waals surface area contributed by atoms with Crippen LogP contribution in [0.25, 0.3) is 0 Å². The lowest BCUT2D eigenvalue weighted by Crippen LogP contribution is -2.51. The number of para-hydroxylation sites is 2. The van der Waals surface area contributed by atoms with Gasteiger partial charge in [-0.25, -0.2) is 4.79 Å². The number of hydrogen-bond donors (Lipinski definition) is 1. The second-order valence-electron chi connectivity index (χ2n) is 6.56. The largest absolute Gasteiger partial charge is 0.365 e. The van der Waals surface area contributed by atoms with E-state index in [0.29, 0.717) is 12.6 Å². The molecule has 2 aliphatic rings. The number of anilines is 2. The predicted octanol–water partition coefficient (Wildman–Crippen LogP) is 3.43. The van der Waals surface area contributed by atoms with Crippen LogP contribution >= 0.6 is 0 Å². The average molecular weight is 321 g/mol. The smallest absolute Gasteiger partial charge is 0.322 e. The third-order valence-electron chi connectivity index (χ3n) is 5.03. The summed E-state index contributed by atoms with van der Waals surface area (Å²) in [6, 6.07) is 19.0. The first-order valence-corrected chi connectivity index (χ1v) is 8.78. The Labute approximate surface area is 143 Å². The van der Waals surface area contributed by atoms with Crippen molar-refractivity contribution >= 4 is 17.4 Å². The number of fused-ring (bicyclic) bond motifs is 3. The van der Waals surface area contributed by atoms with Gasteiger partial charge in [-0.3, -0.25) is 4.90 Å². The first kappa shape index (κ1) is 15.1. The molecule has 0 radical (unpaired) electrons. The Hall–Kier alpha value is -2.49. The van der Waals surface area contributed by atoms with E-state index in [0.717, 1.165) is 25.2 Å². The number of carbonyl (C=O) groups excluding carboxylic acids is 1. The monoisotopic (exact) mass is 321 g/mol. The summed E-state index contributed by atoms with van der Waals surface area (Å²) < 4.78 is 0. The minimum absolute atomic E-state index is 0.0185. The van der Waals surface area contributed by atoms with E-state index < -0.39 is 0 Å². The molecule has 1 fully saturated rings. The van der Waals surface area contributed by atoms with Gasteiger partial charge in [0.05, 0.1) is 11.4 Å². The van der Waals surface area contributed by atoms with Crippen LogP contribution < -0.4 is 15.1 Å². The molecular formula is C20H23N3O. The highest BCUT2D eigenvalue weighted by Crippen LogP contribution is 2.39. The molecule has 4 heteroatoms. The highest BCUT2D eigenvalue weighted by atomic mass is 16.2. The van der Waals surface area contributed by atoms with E-state index in [1.165, 1.54) is 24.1 Å². The van der Waals surface area contributed by atoms with E-state index in [-0.39, 0.29) is 6.03 Å². The maximum Gasteiger partial charge on any atom is 0.322 e. The molecule has 2 aliphatic heterocycles. The van der Waals surface area contributed by atoms with Gasteiger partial charge >= 0.3 is 6.03 Å². The zero-order chi connectivity index (χ0) is 16.4. The van der Waals surface area contributed by atoms with E-state index in [1.807, 2.05) is 29.2 Å². The number of amides is 2. The van der Waals surface area contributed by atoms with Crippen molar-refractivity contribution in [2.45, 2.75) is 25.3 Å². The summed E-state index contributed by atoms with van der Waals surface area (Å²) in [5, 5.41) is 3.09. The Morgan fingerprint density at radius 1 is 1.04 bits per heavy atom. The molecule has 0 saturated carbocycles. The van der Waals surface area contributed by atoms with Gasteiger partial charge in [0.25, 0.3) is 0 Å². The molecule has 2 aromatic rings. The molecule has 2 amide bonds. The summed E-state index contributed by atoms with van der Waals surface area (Å²) >= 11 is 0. The van der Waals surface area contributed by atoms with Gasteiger partial charge in [-0.05, 0) is 37.0 Å². The van der Waals surface area contributed by atoms with E-state index in [9.17, 15) is 4.79 Å².